The summed E-state index contributed by atoms with van der Waals surface area (Å²) in [6, 6.07) is 8.44. The summed E-state index contributed by atoms with van der Waals surface area (Å²) in [7, 11) is 0. The van der Waals surface area contributed by atoms with Gasteiger partial charge in [0.05, 0.1) is 5.69 Å². The van der Waals surface area contributed by atoms with Crippen LogP contribution < -0.4 is 11.0 Å². The number of amides is 1. The lowest BCUT2D eigenvalue weighted by Gasteiger charge is -2.06. The minimum Gasteiger partial charge on any atom is -0.350 e. The summed E-state index contributed by atoms with van der Waals surface area (Å²) in [4.78, 5) is 24.2. The molecule has 0 aliphatic heterocycles. The van der Waals surface area contributed by atoms with E-state index in [1.165, 1.54) is 36.7 Å². The van der Waals surface area contributed by atoms with Gasteiger partial charge in [0.15, 0.2) is 11.6 Å². The minimum atomic E-state index is -1.01. The zero-order valence-corrected chi connectivity index (χ0v) is 13.3. The monoisotopic (exact) mass is 362 g/mol. The van der Waals surface area contributed by atoms with Crippen LogP contribution >= 0.6 is 0 Å². The molecule has 0 saturated carbocycles. The molecule has 1 N–H and O–H groups in total. The highest BCUT2D eigenvalue weighted by molar-refractivity contribution is 5.75. The van der Waals surface area contributed by atoms with Crippen molar-refractivity contribution in [3.05, 3.63) is 82.3 Å². The highest BCUT2D eigenvalue weighted by Gasteiger charge is 2.11. The van der Waals surface area contributed by atoms with Gasteiger partial charge in [0.25, 0.3) is 0 Å². The van der Waals surface area contributed by atoms with Crippen LogP contribution in [0.15, 0.2) is 53.6 Å². The molecule has 0 aliphatic carbocycles. The Labute approximate surface area is 145 Å². The van der Waals surface area contributed by atoms with Crippen molar-refractivity contribution in [3.63, 3.8) is 0 Å². The molecule has 1 amide bonds. The minimum absolute atomic E-state index is 0.0170. The van der Waals surface area contributed by atoms with Crippen LogP contribution in [0.3, 0.4) is 0 Å². The molecule has 0 aliphatic rings. The van der Waals surface area contributed by atoms with Crippen molar-refractivity contribution in [3.8, 4) is 5.69 Å². The summed E-state index contributed by atoms with van der Waals surface area (Å²) in [5.74, 6) is -2.93. The van der Waals surface area contributed by atoms with Crippen molar-refractivity contribution < 1.29 is 18.0 Å². The molecule has 3 rings (SSSR count). The van der Waals surface area contributed by atoms with Crippen LogP contribution in [0.2, 0.25) is 0 Å². The molecule has 6 nitrogen and oxygen atoms in total. The molecule has 0 fully saturated rings. The third-order valence-electron chi connectivity index (χ3n) is 3.59. The van der Waals surface area contributed by atoms with E-state index < -0.39 is 29.0 Å². The molecule has 2 aromatic carbocycles. The Morgan fingerprint density at radius 2 is 1.77 bits per heavy atom. The summed E-state index contributed by atoms with van der Waals surface area (Å²) < 4.78 is 41.0. The lowest BCUT2D eigenvalue weighted by atomic mass is 10.2. The first-order valence-electron chi connectivity index (χ1n) is 7.55. The zero-order valence-electron chi connectivity index (χ0n) is 13.3. The third kappa shape index (κ3) is 3.82. The van der Waals surface area contributed by atoms with E-state index in [1.807, 2.05) is 0 Å². The topological polar surface area (TPSA) is 68.9 Å². The second-order valence-electron chi connectivity index (χ2n) is 5.45. The van der Waals surface area contributed by atoms with Crippen molar-refractivity contribution in [2.75, 3.05) is 0 Å². The molecular formula is C17H13F3N4O2. The van der Waals surface area contributed by atoms with Crippen LogP contribution in [0, 0.1) is 17.5 Å². The molecule has 1 aromatic heterocycles. The molecule has 0 unspecified atom stereocenters. The van der Waals surface area contributed by atoms with Crippen molar-refractivity contribution in [2.45, 2.75) is 13.1 Å². The third-order valence-corrected chi connectivity index (χ3v) is 3.59. The van der Waals surface area contributed by atoms with Gasteiger partial charge in [-0.05, 0) is 42.0 Å². The number of rotatable bonds is 5. The van der Waals surface area contributed by atoms with Gasteiger partial charge >= 0.3 is 5.69 Å². The number of halogens is 3. The van der Waals surface area contributed by atoms with E-state index in [-0.39, 0.29) is 13.1 Å². The van der Waals surface area contributed by atoms with Crippen molar-refractivity contribution in [2.24, 2.45) is 0 Å². The number of hydrogen-bond acceptors (Lipinski definition) is 3. The lowest BCUT2D eigenvalue weighted by Crippen LogP contribution is -2.32. The van der Waals surface area contributed by atoms with E-state index in [1.54, 1.807) is 0 Å². The molecule has 0 saturated heterocycles. The maximum absolute atomic E-state index is 13.1. The van der Waals surface area contributed by atoms with E-state index in [0.29, 0.717) is 11.3 Å². The summed E-state index contributed by atoms with van der Waals surface area (Å²) >= 11 is 0. The summed E-state index contributed by atoms with van der Waals surface area (Å²) in [6.07, 6.45) is 1.18. The smallest absolute Gasteiger partial charge is 0.350 e. The Bertz CT molecular complexity index is 996. The van der Waals surface area contributed by atoms with E-state index in [0.717, 1.165) is 21.4 Å². The molecular weight excluding hydrogens is 349 g/mol. The highest BCUT2D eigenvalue weighted by Crippen LogP contribution is 2.08. The van der Waals surface area contributed by atoms with Crippen molar-refractivity contribution in [1.82, 2.24) is 19.7 Å². The fourth-order valence-electron chi connectivity index (χ4n) is 2.26. The molecule has 9 heteroatoms. The average Bonchev–Trinajstić information content (AvgIpc) is 2.97. The van der Waals surface area contributed by atoms with Crippen LogP contribution in [0.5, 0.6) is 0 Å². The number of nitrogens with one attached hydrogen (secondary N) is 1. The van der Waals surface area contributed by atoms with E-state index >= 15 is 0 Å². The normalized spacial score (nSPS) is 10.7. The molecule has 26 heavy (non-hydrogen) atoms. The standard InChI is InChI=1S/C17H13F3N4O2/c18-12-2-4-13(5-3-12)24-17(26)23(10-22-24)9-16(25)21-8-11-1-6-14(19)15(20)7-11/h1-7,10H,8-9H2,(H,21,25). The largest absolute Gasteiger partial charge is 0.350 e. The van der Waals surface area contributed by atoms with Gasteiger partial charge in [-0.1, -0.05) is 6.07 Å². The second kappa shape index (κ2) is 7.26. The van der Waals surface area contributed by atoms with E-state index in [4.69, 9.17) is 0 Å². The first-order chi connectivity index (χ1) is 12.4. The quantitative estimate of drug-likeness (QED) is 0.752. The number of nitrogens with zero attached hydrogens (tertiary/aromatic N) is 3. The molecule has 134 valence electrons. The Morgan fingerprint density at radius 3 is 2.46 bits per heavy atom. The molecule has 0 spiro atoms. The van der Waals surface area contributed by atoms with Crippen LogP contribution in [-0.2, 0) is 17.9 Å². The van der Waals surface area contributed by atoms with Gasteiger partial charge in [-0.15, -0.1) is 0 Å². The maximum Gasteiger partial charge on any atom is 0.350 e. The summed E-state index contributed by atoms with van der Waals surface area (Å²) in [5.41, 5.74) is 0.170. The predicted molar refractivity (Wildman–Crippen MR) is 86.0 cm³/mol. The summed E-state index contributed by atoms with van der Waals surface area (Å²) in [6.45, 7) is -0.319. The first kappa shape index (κ1) is 17.5. The van der Waals surface area contributed by atoms with E-state index in [9.17, 15) is 22.8 Å². The Balaban J connectivity index is 1.65. The second-order valence-corrected chi connectivity index (χ2v) is 5.45. The van der Waals surface area contributed by atoms with Gasteiger partial charge < -0.3 is 5.32 Å². The fraction of sp³-hybridized carbons (Fsp3) is 0.118. The zero-order chi connectivity index (χ0) is 18.7. The number of benzene rings is 2. The van der Waals surface area contributed by atoms with Crippen LogP contribution in [0.4, 0.5) is 13.2 Å². The van der Waals surface area contributed by atoms with Crippen molar-refractivity contribution in [1.29, 1.82) is 0 Å². The van der Waals surface area contributed by atoms with E-state index in [2.05, 4.69) is 10.4 Å². The van der Waals surface area contributed by atoms with Crippen LogP contribution in [-0.4, -0.2) is 20.3 Å². The Hall–Kier alpha value is -3.36. The molecule has 1 heterocycles. The number of carbonyl (C=O) groups is 1. The highest BCUT2D eigenvalue weighted by atomic mass is 19.2. The molecule has 0 radical (unpaired) electrons. The number of hydrogen-bond donors (Lipinski definition) is 1. The number of aromatic nitrogens is 3. The van der Waals surface area contributed by atoms with Gasteiger partial charge in [0.2, 0.25) is 5.91 Å². The van der Waals surface area contributed by atoms with Gasteiger partial charge in [0, 0.05) is 6.54 Å². The predicted octanol–water partition coefficient (Wildman–Crippen LogP) is 1.77. The Morgan fingerprint density at radius 1 is 1.04 bits per heavy atom. The summed E-state index contributed by atoms with van der Waals surface area (Å²) in [5, 5.41) is 6.39. The Kier molecular flexibility index (Phi) is 4.87. The maximum atomic E-state index is 13.1. The molecule has 0 atom stereocenters. The lowest BCUT2D eigenvalue weighted by molar-refractivity contribution is -0.121. The van der Waals surface area contributed by atoms with Gasteiger partial charge in [0.1, 0.15) is 18.7 Å². The SMILES string of the molecule is O=C(Cn1cnn(-c2ccc(F)cc2)c1=O)NCc1ccc(F)c(F)c1. The number of carbonyl (C=O) groups excluding carboxylic acids is 1. The van der Waals surface area contributed by atoms with Crippen LogP contribution in [0.25, 0.3) is 5.69 Å². The average molecular weight is 362 g/mol. The van der Waals surface area contributed by atoms with Crippen molar-refractivity contribution >= 4 is 5.91 Å². The first-order valence-corrected chi connectivity index (χ1v) is 7.55. The van der Waals surface area contributed by atoms with Gasteiger partial charge in [-0.3, -0.25) is 9.36 Å². The molecule has 3 aromatic rings. The molecule has 0 bridgehead atoms. The fourth-order valence-corrected chi connectivity index (χ4v) is 2.26. The van der Waals surface area contributed by atoms with Gasteiger partial charge in [-0.2, -0.15) is 9.78 Å². The van der Waals surface area contributed by atoms with Crippen LogP contribution in [0.1, 0.15) is 5.56 Å². The van der Waals surface area contributed by atoms with Gasteiger partial charge in [-0.25, -0.2) is 18.0 Å².